The Bertz CT molecular complexity index is 487. The van der Waals surface area contributed by atoms with Crippen LogP contribution in [0.2, 0.25) is 0 Å². The van der Waals surface area contributed by atoms with Crippen LogP contribution in [0.1, 0.15) is 41.5 Å². The van der Waals surface area contributed by atoms with E-state index in [2.05, 4.69) is 43.3 Å². The van der Waals surface area contributed by atoms with Gasteiger partial charge in [0.05, 0.1) is 0 Å². The minimum Gasteiger partial charge on any atom is -0.326 e. The van der Waals surface area contributed by atoms with Gasteiger partial charge >= 0.3 is 0 Å². The van der Waals surface area contributed by atoms with Gasteiger partial charge < -0.3 is 11.5 Å². The first-order chi connectivity index (χ1) is 9.31. The Morgan fingerprint density at radius 3 is 1.58 bits per heavy atom. The molecule has 2 heteroatoms. The van der Waals surface area contributed by atoms with Crippen LogP contribution in [0, 0.1) is 0 Å². The highest BCUT2D eigenvalue weighted by molar-refractivity contribution is 5.41. The van der Waals surface area contributed by atoms with E-state index < -0.39 is 0 Å². The second-order valence-corrected chi connectivity index (χ2v) is 4.77. The van der Waals surface area contributed by atoms with E-state index in [1.165, 1.54) is 22.3 Å². The van der Waals surface area contributed by atoms with Gasteiger partial charge in [-0.2, -0.15) is 0 Å². The number of benzene rings is 2. The molecule has 4 N–H and O–H groups in total. The van der Waals surface area contributed by atoms with Gasteiger partial charge in [0.25, 0.3) is 0 Å². The zero-order valence-electron chi connectivity index (χ0n) is 11.5. The molecule has 0 amide bonds. The molecule has 0 atom stereocenters. The molecule has 2 nitrogen and oxygen atoms in total. The largest absolute Gasteiger partial charge is 0.326 e. The molecule has 0 bridgehead atoms. The number of nitrogens with two attached hydrogens (primary N) is 2. The fourth-order valence-corrected chi connectivity index (χ4v) is 2.73. The van der Waals surface area contributed by atoms with E-state index in [0.29, 0.717) is 19.0 Å². The van der Waals surface area contributed by atoms with Gasteiger partial charge in [-0.3, -0.25) is 0 Å². The Morgan fingerprint density at radius 1 is 0.789 bits per heavy atom. The van der Waals surface area contributed by atoms with E-state index in [9.17, 15) is 0 Å². The van der Waals surface area contributed by atoms with Crippen molar-refractivity contribution < 1.29 is 0 Å². The van der Waals surface area contributed by atoms with E-state index in [1.807, 2.05) is 12.1 Å². The Morgan fingerprint density at radius 2 is 1.21 bits per heavy atom. The minimum absolute atomic E-state index is 0.375. The molecule has 0 heterocycles. The van der Waals surface area contributed by atoms with Crippen molar-refractivity contribution in [1.82, 2.24) is 0 Å². The van der Waals surface area contributed by atoms with Crippen molar-refractivity contribution in [2.24, 2.45) is 11.5 Å². The predicted molar refractivity (Wildman–Crippen MR) is 80.8 cm³/mol. The summed E-state index contributed by atoms with van der Waals surface area (Å²) in [6.07, 6.45) is 1.05. The summed E-state index contributed by atoms with van der Waals surface area (Å²) >= 11 is 0. The van der Waals surface area contributed by atoms with Crippen molar-refractivity contribution in [1.29, 1.82) is 0 Å². The van der Waals surface area contributed by atoms with Crippen molar-refractivity contribution in [3.05, 3.63) is 70.8 Å². The van der Waals surface area contributed by atoms with Gasteiger partial charge in [-0.1, -0.05) is 55.5 Å². The lowest BCUT2D eigenvalue weighted by Gasteiger charge is -2.21. The summed E-state index contributed by atoms with van der Waals surface area (Å²) in [7, 11) is 0. The first-order valence-electron chi connectivity index (χ1n) is 6.87. The third-order valence-corrected chi connectivity index (χ3v) is 3.71. The van der Waals surface area contributed by atoms with Crippen LogP contribution in [-0.4, -0.2) is 0 Å². The number of hydrogen-bond donors (Lipinski definition) is 2. The average molecular weight is 254 g/mol. The fraction of sp³-hybridized carbons (Fsp3) is 0.294. The van der Waals surface area contributed by atoms with Crippen LogP contribution in [0.5, 0.6) is 0 Å². The normalized spacial score (nSPS) is 10.9. The Balaban J connectivity index is 2.50. The van der Waals surface area contributed by atoms with Gasteiger partial charge in [0.1, 0.15) is 0 Å². The average Bonchev–Trinajstić information content (AvgIpc) is 2.49. The van der Waals surface area contributed by atoms with E-state index in [0.717, 1.165) is 6.42 Å². The summed E-state index contributed by atoms with van der Waals surface area (Å²) in [5, 5.41) is 0. The van der Waals surface area contributed by atoms with Crippen molar-refractivity contribution >= 4 is 0 Å². The topological polar surface area (TPSA) is 52.0 Å². The van der Waals surface area contributed by atoms with Crippen LogP contribution in [-0.2, 0) is 13.1 Å². The van der Waals surface area contributed by atoms with E-state index >= 15 is 0 Å². The van der Waals surface area contributed by atoms with Crippen molar-refractivity contribution in [2.45, 2.75) is 32.4 Å². The van der Waals surface area contributed by atoms with Gasteiger partial charge in [-0.15, -0.1) is 0 Å². The molecule has 0 aliphatic rings. The molecule has 2 aromatic carbocycles. The Hall–Kier alpha value is -1.64. The van der Waals surface area contributed by atoms with Crippen molar-refractivity contribution in [3.63, 3.8) is 0 Å². The molecule has 0 saturated heterocycles. The lowest BCUT2D eigenvalue weighted by atomic mass is 9.84. The monoisotopic (exact) mass is 254 g/mol. The Kier molecular flexibility index (Phi) is 4.72. The standard InChI is InChI=1S/C17H22N2/c1-2-15(16-9-5-3-7-13(16)11-18)17-10-6-4-8-14(17)12-19/h3-10,15H,2,11-12,18-19H2,1H3. The molecule has 2 rings (SSSR count). The highest BCUT2D eigenvalue weighted by atomic mass is 14.5. The number of hydrogen-bond acceptors (Lipinski definition) is 2. The van der Waals surface area contributed by atoms with Crippen LogP contribution >= 0.6 is 0 Å². The first-order valence-corrected chi connectivity index (χ1v) is 6.87. The van der Waals surface area contributed by atoms with Gasteiger partial charge in [-0.05, 0) is 28.7 Å². The maximum Gasteiger partial charge on any atom is 0.0181 e. The maximum absolute atomic E-state index is 5.87. The maximum atomic E-state index is 5.87. The summed E-state index contributed by atoms with van der Waals surface area (Å²) in [6.45, 7) is 3.38. The molecule has 100 valence electrons. The summed E-state index contributed by atoms with van der Waals surface area (Å²) in [6, 6.07) is 16.9. The molecule has 0 aliphatic heterocycles. The van der Waals surface area contributed by atoms with Crippen LogP contribution in [0.4, 0.5) is 0 Å². The van der Waals surface area contributed by atoms with Crippen molar-refractivity contribution in [2.75, 3.05) is 0 Å². The first kappa shape index (κ1) is 13.8. The molecule has 0 radical (unpaired) electrons. The van der Waals surface area contributed by atoms with E-state index in [4.69, 9.17) is 11.5 Å². The predicted octanol–water partition coefficient (Wildman–Crippen LogP) is 3.15. The SMILES string of the molecule is CCC(c1ccccc1CN)c1ccccc1CN. The van der Waals surface area contributed by atoms with Crippen molar-refractivity contribution in [3.8, 4) is 0 Å². The van der Waals surface area contributed by atoms with E-state index in [-0.39, 0.29) is 0 Å². The highest BCUT2D eigenvalue weighted by Crippen LogP contribution is 2.32. The second-order valence-electron chi connectivity index (χ2n) is 4.77. The summed E-state index contributed by atoms with van der Waals surface area (Å²) < 4.78 is 0. The zero-order valence-corrected chi connectivity index (χ0v) is 11.5. The smallest absolute Gasteiger partial charge is 0.0181 e. The minimum atomic E-state index is 0.375. The highest BCUT2D eigenvalue weighted by Gasteiger charge is 2.17. The summed E-state index contributed by atoms with van der Waals surface area (Å²) in [5.41, 5.74) is 16.8. The van der Waals surface area contributed by atoms with Gasteiger partial charge in [0, 0.05) is 19.0 Å². The molecular formula is C17H22N2. The lowest BCUT2D eigenvalue weighted by Crippen LogP contribution is -2.10. The van der Waals surface area contributed by atoms with Gasteiger partial charge in [-0.25, -0.2) is 0 Å². The third-order valence-electron chi connectivity index (χ3n) is 3.71. The Labute approximate surface area is 115 Å². The molecule has 2 aromatic rings. The van der Waals surface area contributed by atoms with Crippen LogP contribution in [0.15, 0.2) is 48.5 Å². The van der Waals surface area contributed by atoms with Gasteiger partial charge in [0.15, 0.2) is 0 Å². The molecule has 0 fully saturated rings. The number of rotatable bonds is 5. The lowest BCUT2D eigenvalue weighted by molar-refractivity contribution is 0.751. The van der Waals surface area contributed by atoms with Gasteiger partial charge in [0.2, 0.25) is 0 Å². The quantitative estimate of drug-likeness (QED) is 0.861. The van der Waals surface area contributed by atoms with Crippen LogP contribution < -0.4 is 11.5 Å². The molecular weight excluding hydrogens is 232 g/mol. The molecule has 0 saturated carbocycles. The van der Waals surface area contributed by atoms with Crippen LogP contribution in [0.25, 0.3) is 0 Å². The molecule has 19 heavy (non-hydrogen) atoms. The molecule has 0 spiro atoms. The fourth-order valence-electron chi connectivity index (χ4n) is 2.73. The van der Waals surface area contributed by atoms with E-state index in [1.54, 1.807) is 0 Å². The zero-order chi connectivity index (χ0) is 13.7. The summed E-state index contributed by atoms with van der Waals surface area (Å²) in [4.78, 5) is 0. The second kappa shape index (κ2) is 6.50. The van der Waals surface area contributed by atoms with Crippen LogP contribution in [0.3, 0.4) is 0 Å². The molecule has 0 unspecified atom stereocenters. The summed E-state index contributed by atoms with van der Waals surface area (Å²) in [5.74, 6) is 0.375. The molecule has 0 aliphatic carbocycles. The molecule has 0 aromatic heterocycles. The third kappa shape index (κ3) is 2.86.